The van der Waals surface area contributed by atoms with Crippen molar-refractivity contribution in [1.82, 2.24) is 0 Å². The molecule has 0 fully saturated rings. The summed E-state index contributed by atoms with van der Waals surface area (Å²) in [7, 11) is 0. The van der Waals surface area contributed by atoms with Crippen LogP contribution in [0.5, 0.6) is 0 Å². The molecule has 2 nitrogen and oxygen atoms in total. The second-order valence-corrected chi connectivity index (χ2v) is 2.77. The molecule has 1 aromatic rings. The summed E-state index contributed by atoms with van der Waals surface area (Å²) in [4.78, 5) is 10.5. The minimum Gasteiger partial charge on any atom is -0.478 e. The molecule has 1 rings (SSSR count). The van der Waals surface area contributed by atoms with Crippen LogP contribution >= 0.6 is 11.6 Å². The van der Waals surface area contributed by atoms with Gasteiger partial charge in [0.25, 0.3) is 0 Å². The Morgan fingerprint density at radius 3 is 2.58 bits per heavy atom. The first-order valence-corrected chi connectivity index (χ1v) is 3.59. The van der Waals surface area contributed by atoms with Crippen LogP contribution in [0, 0.1) is 12.7 Å². The maximum atomic E-state index is 13.0. The number of carboxylic acids is 1. The summed E-state index contributed by atoms with van der Waals surface area (Å²) < 4.78 is 13.0. The van der Waals surface area contributed by atoms with Gasteiger partial charge in [-0.1, -0.05) is 17.7 Å². The van der Waals surface area contributed by atoms with Crippen molar-refractivity contribution in [1.29, 1.82) is 0 Å². The van der Waals surface area contributed by atoms with Crippen LogP contribution in [0.1, 0.15) is 15.9 Å². The number of carboxylic acid groups (broad SMARTS) is 1. The molecule has 0 atom stereocenters. The molecular formula is C8H6ClFO2. The lowest BCUT2D eigenvalue weighted by Gasteiger charge is -2.02. The van der Waals surface area contributed by atoms with Gasteiger partial charge in [0.05, 0.1) is 10.6 Å². The second-order valence-electron chi connectivity index (χ2n) is 2.36. The number of hydrogen-bond acceptors (Lipinski definition) is 1. The van der Waals surface area contributed by atoms with Crippen molar-refractivity contribution < 1.29 is 14.3 Å². The Morgan fingerprint density at radius 1 is 1.58 bits per heavy atom. The molecule has 1 aromatic carbocycles. The lowest BCUT2D eigenvalue weighted by molar-refractivity contribution is 0.0691. The van der Waals surface area contributed by atoms with Crippen molar-refractivity contribution in [2.45, 2.75) is 6.92 Å². The molecule has 0 saturated heterocycles. The highest BCUT2D eigenvalue weighted by molar-refractivity contribution is 6.31. The fourth-order valence-electron chi connectivity index (χ4n) is 0.910. The van der Waals surface area contributed by atoms with E-state index in [4.69, 9.17) is 16.7 Å². The largest absolute Gasteiger partial charge is 0.478 e. The Balaban J connectivity index is 3.43. The van der Waals surface area contributed by atoms with Crippen molar-refractivity contribution in [3.63, 3.8) is 0 Å². The van der Waals surface area contributed by atoms with Crippen molar-refractivity contribution in [3.8, 4) is 0 Å². The topological polar surface area (TPSA) is 37.3 Å². The molecule has 0 saturated carbocycles. The number of rotatable bonds is 1. The maximum absolute atomic E-state index is 13.0. The van der Waals surface area contributed by atoms with Gasteiger partial charge in [-0.05, 0) is 18.6 Å². The zero-order valence-corrected chi connectivity index (χ0v) is 7.02. The smallest absolute Gasteiger partial charge is 0.339 e. The van der Waals surface area contributed by atoms with Gasteiger partial charge >= 0.3 is 5.97 Å². The van der Waals surface area contributed by atoms with Crippen LogP contribution in [0.25, 0.3) is 0 Å². The van der Waals surface area contributed by atoms with E-state index in [1.165, 1.54) is 19.1 Å². The average molecular weight is 189 g/mol. The van der Waals surface area contributed by atoms with Crippen LogP contribution in [0.3, 0.4) is 0 Å². The second kappa shape index (κ2) is 3.11. The Labute approximate surface area is 73.6 Å². The molecule has 0 aliphatic rings. The highest BCUT2D eigenvalue weighted by atomic mass is 35.5. The fraction of sp³-hybridized carbons (Fsp3) is 0.125. The van der Waals surface area contributed by atoms with E-state index >= 15 is 0 Å². The zero-order chi connectivity index (χ0) is 9.30. The van der Waals surface area contributed by atoms with Gasteiger partial charge in [0.1, 0.15) is 0 Å². The Bertz CT molecular complexity index is 336. The molecule has 1 N–H and O–H groups in total. The highest BCUT2D eigenvalue weighted by Crippen LogP contribution is 2.21. The predicted octanol–water partition coefficient (Wildman–Crippen LogP) is 2.49. The molecular weight excluding hydrogens is 183 g/mol. The van der Waals surface area contributed by atoms with Crippen LogP contribution < -0.4 is 0 Å². The first kappa shape index (κ1) is 9.00. The molecule has 12 heavy (non-hydrogen) atoms. The standard InChI is InChI=1S/C8H6ClFO2/c1-4-2-3-5(9)7(10)6(4)8(11)12/h2-3H,1H3,(H,11,12). The van der Waals surface area contributed by atoms with E-state index in [-0.39, 0.29) is 10.6 Å². The van der Waals surface area contributed by atoms with E-state index in [1.54, 1.807) is 0 Å². The average Bonchev–Trinajstić information content (AvgIpc) is 1.97. The molecule has 0 aromatic heterocycles. The number of benzene rings is 1. The van der Waals surface area contributed by atoms with Gasteiger partial charge < -0.3 is 5.11 Å². The summed E-state index contributed by atoms with van der Waals surface area (Å²) in [6.45, 7) is 1.52. The zero-order valence-electron chi connectivity index (χ0n) is 6.27. The molecule has 0 unspecified atom stereocenters. The quantitative estimate of drug-likeness (QED) is 0.735. The monoisotopic (exact) mass is 188 g/mol. The first-order chi connectivity index (χ1) is 5.54. The van der Waals surface area contributed by atoms with E-state index in [1.807, 2.05) is 0 Å². The molecule has 0 bridgehead atoms. The highest BCUT2D eigenvalue weighted by Gasteiger charge is 2.15. The number of halogens is 2. The van der Waals surface area contributed by atoms with Crippen LogP contribution in [0.2, 0.25) is 5.02 Å². The number of carbonyl (C=O) groups is 1. The summed E-state index contributed by atoms with van der Waals surface area (Å²) in [6, 6.07) is 2.80. The van der Waals surface area contributed by atoms with Gasteiger partial charge in [0.15, 0.2) is 5.82 Å². The first-order valence-electron chi connectivity index (χ1n) is 3.22. The lowest BCUT2D eigenvalue weighted by Crippen LogP contribution is -2.03. The van der Waals surface area contributed by atoms with E-state index in [2.05, 4.69) is 0 Å². The van der Waals surface area contributed by atoms with Crippen molar-refractivity contribution in [2.24, 2.45) is 0 Å². The van der Waals surface area contributed by atoms with Gasteiger partial charge in [-0.15, -0.1) is 0 Å². The van der Waals surface area contributed by atoms with Crippen LogP contribution in [0.15, 0.2) is 12.1 Å². The minimum atomic E-state index is -1.30. The van der Waals surface area contributed by atoms with Gasteiger partial charge in [0.2, 0.25) is 0 Å². The summed E-state index contributed by atoms with van der Waals surface area (Å²) in [5.41, 5.74) is 0.00639. The van der Waals surface area contributed by atoms with Crippen molar-refractivity contribution >= 4 is 17.6 Å². The lowest BCUT2D eigenvalue weighted by atomic mass is 10.1. The molecule has 64 valence electrons. The van der Waals surface area contributed by atoms with E-state index in [0.29, 0.717) is 5.56 Å². The molecule has 0 aliphatic heterocycles. The van der Waals surface area contributed by atoms with Gasteiger partial charge in [-0.25, -0.2) is 9.18 Å². The van der Waals surface area contributed by atoms with Crippen molar-refractivity contribution in [2.75, 3.05) is 0 Å². The van der Waals surface area contributed by atoms with Gasteiger partial charge in [0, 0.05) is 0 Å². The Hall–Kier alpha value is -1.09. The number of aromatic carboxylic acids is 1. The molecule has 4 heteroatoms. The molecule has 0 amide bonds. The third-order valence-electron chi connectivity index (χ3n) is 1.52. The van der Waals surface area contributed by atoms with Gasteiger partial charge in [-0.2, -0.15) is 0 Å². The van der Waals surface area contributed by atoms with Crippen molar-refractivity contribution in [3.05, 3.63) is 34.1 Å². The van der Waals surface area contributed by atoms with E-state index in [0.717, 1.165) is 0 Å². The molecule has 0 aliphatic carbocycles. The van der Waals surface area contributed by atoms with Crippen LogP contribution in [-0.2, 0) is 0 Å². The SMILES string of the molecule is Cc1ccc(Cl)c(F)c1C(=O)O. The summed E-state index contributed by atoms with van der Waals surface area (Å²) >= 11 is 5.39. The van der Waals surface area contributed by atoms with Crippen LogP contribution in [-0.4, -0.2) is 11.1 Å². The van der Waals surface area contributed by atoms with Crippen LogP contribution in [0.4, 0.5) is 4.39 Å². The molecule has 0 radical (unpaired) electrons. The maximum Gasteiger partial charge on any atom is 0.339 e. The molecule has 0 heterocycles. The summed E-state index contributed by atoms with van der Waals surface area (Å²) in [5.74, 6) is -2.17. The van der Waals surface area contributed by atoms with E-state index in [9.17, 15) is 9.18 Å². The normalized spacial score (nSPS) is 9.92. The fourth-order valence-corrected chi connectivity index (χ4v) is 1.07. The number of hydrogen-bond donors (Lipinski definition) is 1. The van der Waals surface area contributed by atoms with Gasteiger partial charge in [-0.3, -0.25) is 0 Å². The molecule has 0 spiro atoms. The Morgan fingerprint density at radius 2 is 2.17 bits per heavy atom. The Kier molecular flexibility index (Phi) is 2.33. The predicted molar refractivity (Wildman–Crippen MR) is 43.1 cm³/mol. The minimum absolute atomic E-state index is 0.169. The van der Waals surface area contributed by atoms with E-state index < -0.39 is 11.8 Å². The third-order valence-corrected chi connectivity index (χ3v) is 1.81. The summed E-state index contributed by atoms with van der Waals surface area (Å²) in [6.07, 6.45) is 0. The summed E-state index contributed by atoms with van der Waals surface area (Å²) in [5, 5.41) is 8.40. The third kappa shape index (κ3) is 1.41. The number of aryl methyl sites for hydroxylation is 1.